The molecule has 1 aromatic heterocycles. The van der Waals surface area contributed by atoms with Crippen LogP contribution in [-0.4, -0.2) is 91.4 Å². The van der Waals surface area contributed by atoms with Crippen molar-refractivity contribution in [2.45, 2.75) is 75.5 Å². The molecule has 40 heavy (non-hydrogen) atoms. The van der Waals surface area contributed by atoms with E-state index in [4.69, 9.17) is 19.4 Å². The Morgan fingerprint density at radius 3 is 2.65 bits per heavy atom. The maximum Gasteiger partial charge on any atom is 0.318 e. The second-order valence-corrected chi connectivity index (χ2v) is 13.6. The summed E-state index contributed by atoms with van der Waals surface area (Å²) in [5.41, 5.74) is 5.78. The van der Waals surface area contributed by atoms with Crippen molar-refractivity contribution >= 4 is 5.82 Å². The number of hydrogen-bond acceptors (Lipinski definition) is 8. The van der Waals surface area contributed by atoms with Crippen LogP contribution in [0.4, 0.5) is 5.82 Å². The number of nitrogens with one attached hydrogen (secondary N) is 1. The highest BCUT2D eigenvalue weighted by molar-refractivity contribution is 5.54. The summed E-state index contributed by atoms with van der Waals surface area (Å²) < 4.78 is 12.2. The molecule has 0 amide bonds. The first-order chi connectivity index (χ1) is 19.6. The van der Waals surface area contributed by atoms with Gasteiger partial charge in [-0.2, -0.15) is 9.97 Å². The van der Waals surface area contributed by atoms with Crippen LogP contribution in [0.25, 0.3) is 0 Å². The molecule has 8 heteroatoms. The normalized spacial score (nSPS) is 31.2. The summed E-state index contributed by atoms with van der Waals surface area (Å²) in [5, 5.41) is 3.80. The van der Waals surface area contributed by atoms with E-state index in [0.717, 1.165) is 64.7 Å². The van der Waals surface area contributed by atoms with Crippen molar-refractivity contribution in [2.24, 2.45) is 5.41 Å². The number of hydrogen-bond donors (Lipinski definition) is 1. The van der Waals surface area contributed by atoms with E-state index in [2.05, 4.69) is 51.3 Å². The van der Waals surface area contributed by atoms with Gasteiger partial charge in [0.1, 0.15) is 5.82 Å². The standard InChI is InChI=1S/C32H44N6O2/c1-36-20-26-28(17-32(36)10-4-6-23-5-2-3-7-27(23)32)34-30(35-29(26)38-18-24-8-9-25(19-38)33-24)40-22-31(11-12-31)21-37-13-15-39-16-14-37/h2-3,5,7,24-25,33H,4,6,8-22H2,1H3/t24-,25+,32-/m0/s1. The van der Waals surface area contributed by atoms with Crippen LogP contribution in [0.2, 0.25) is 0 Å². The average molecular weight is 545 g/mol. The molecule has 0 radical (unpaired) electrons. The molecule has 4 aliphatic heterocycles. The summed E-state index contributed by atoms with van der Waals surface area (Å²) in [7, 11) is 2.32. The number of ether oxygens (including phenoxy) is 2. The van der Waals surface area contributed by atoms with Crippen molar-refractivity contribution in [1.29, 1.82) is 0 Å². The summed E-state index contributed by atoms with van der Waals surface area (Å²) >= 11 is 0. The summed E-state index contributed by atoms with van der Waals surface area (Å²) in [6.45, 7) is 8.51. The summed E-state index contributed by atoms with van der Waals surface area (Å²) in [6.07, 6.45) is 9.50. The van der Waals surface area contributed by atoms with Gasteiger partial charge in [-0.05, 0) is 63.1 Å². The minimum Gasteiger partial charge on any atom is -0.463 e. The Morgan fingerprint density at radius 1 is 1.05 bits per heavy atom. The minimum atomic E-state index is 0.00126. The molecule has 2 aliphatic carbocycles. The third kappa shape index (κ3) is 4.52. The van der Waals surface area contributed by atoms with E-state index < -0.39 is 0 Å². The smallest absolute Gasteiger partial charge is 0.318 e. The van der Waals surface area contributed by atoms with Crippen molar-refractivity contribution in [3.05, 3.63) is 46.6 Å². The number of fused-ring (bicyclic) bond motifs is 5. The highest BCUT2D eigenvalue weighted by Gasteiger charge is 2.47. The molecule has 4 fully saturated rings. The van der Waals surface area contributed by atoms with Crippen molar-refractivity contribution in [1.82, 2.24) is 25.1 Å². The number of aryl methyl sites for hydroxylation is 1. The van der Waals surface area contributed by atoms with Crippen molar-refractivity contribution < 1.29 is 9.47 Å². The molecule has 6 aliphatic rings. The third-order valence-electron chi connectivity index (χ3n) is 10.8. The van der Waals surface area contributed by atoms with Crippen molar-refractivity contribution in [2.75, 3.05) is 64.5 Å². The largest absolute Gasteiger partial charge is 0.463 e. The number of benzene rings is 1. The quantitative estimate of drug-likeness (QED) is 0.595. The molecule has 1 N–H and O–H groups in total. The fourth-order valence-corrected chi connectivity index (χ4v) is 8.35. The van der Waals surface area contributed by atoms with Gasteiger partial charge in [-0.3, -0.25) is 9.80 Å². The van der Waals surface area contributed by atoms with Crippen LogP contribution in [-0.2, 0) is 29.7 Å². The molecule has 214 valence electrons. The molecule has 3 saturated heterocycles. The van der Waals surface area contributed by atoms with Gasteiger partial charge in [-0.1, -0.05) is 24.3 Å². The molecule has 8 rings (SSSR count). The highest BCUT2D eigenvalue weighted by atomic mass is 16.5. The SMILES string of the molecule is CN1Cc2c(nc(OCC3(CN4CCOCC4)CC3)nc2N2C[C@H]3CC[C@@H](C2)N3)C[C@]12CCCc1ccccc12. The Hall–Kier alpha value is -2.26. The first-order valence-corrected chi connectivity index (χ1v) is 15.7. The van der Waals surface area contributed by atoms with Gasteiger partial charge < -0.3 is 19.7 Å². The number of likely N-dealkylation sites (N-methyl/N-ethyl adjacent to an activating group) is 1. The van der Waals surface area contributed by atoms with Crippen LogP contribution in [0.5, 0.6) is 6.01 Å². The van der Waals surface area contributed by atoms with Crippen LogP contribution in [0, 0.1) is 5.41 Å². The number of rotatable bonds is 6. The number of aromatic nitrogens is 2. The molecule has 1 saturated carbocycles. The maximum atomic E-state index is 6.58. The van der Waals surface area contributed by atoms with E-state index in [0.29, 0.717) is 24.7 Å². The van der Waals surface area contributed by atoms with Gasteiger partial charge in [0, 0.05) is 68.8 Å². The molecule has 2 bridgehead atoms. The predicted octanol–water partition coefficient (Wildman–Crippen LogP) is 3.13. The van der Waals surface area contributed by atoms with Crippen LogP contribution >= 0.6 is 0 Å². The summed E-state index contributed by atoms with van der Waals surface area (Å²) in [4.78, 5) is 18.1. The fourth-order valence-electron chi connectivity index (χ4n) is 8.35. The Labute approximate surface area is 238 Å². The number of nitrogens with zero attached hydrogens (tertiary/aromatic N) is 5. The first-order valence-electron chi connectivity index (χ1n) is 15.7. The molecule has 3 atom stereocenters. The zero-order valence-corrected chi connectivity index (χ0v) is 24.0. The lowest BCUT2D eigenvalue weighted by molar-refractivity contribution is 0.0230. The average Bonchev–Trinajstić information content (AvgIpc) is 3.66. The molecular weight excluding hydrogens is 500 g/mol. The molecular formula is C32H44N6O2. The van der Waals surface area contributed by atoms with E-state index in [9.17, 15) is 0 Å². The number of piperazine rings is 1. The van der Waals surface area contributed by atoms with Gasteiger partial charge >= 0.3 is 6.01 Å². The highest BCUT2D eigenvalue weighted by Crippen LogP contribution is 2.48. The molecule has 1 aromatic carbocycles. The lowest BCUT2D eigenvalue weighted by atomic mass is 9.71. The van der Waals surface area contributed by atoms with Gasteiger partial charge in [0.05, 0.1) is 31.1 Å². The molecule has 8 nitrogen and oxygen atoms in total. The third-order valence-corrected chi connectivity index (χ3v) is 10.8. The molecule has 5 heterocycles. The van der Waals surface area contributed by atoms with Crippen LogP contribution in [0.1, 0.15) is 60.9 Å². The van der Waals surface area contributed by atoms with Crippen LogP contribution in [0.15, 0.2) is 24.3 Å². The molecule has 2 aromatic rings. The monoisotopic (exact) mass is 544 g/mol. The first kappa shape index (κ1) is 25.5. The van der Waals surface area contributed by atoms with Gasteiger partial charge in [-0.25, -0.2) is 0 Å². The minimum absolute atomic E-state index is 0.00126. The van der Waals surface area contributed by atoms with E-state index >= 15 is 0 Å². The van der Waals surface area contributed by atoms with E-state index in [1.165, 1.54) is 67.3 Å². The van der Waals surface area contributed by atoms with Gasteiger partial charge in [0.2, 0.25) is 0 Å². The zero-order valence-electron chi connectivity index (χ0n) is 24.0. The second kappa shape index (κ2) is 9.93. The Bertz CT molecular complexity index is 1250. The Morgan fingerprint density at radius 2 is 1.85 bits per heavy atom. The fraction of sp³-hybridized carbons (Fsp3) is 0.688. The Kier molecular flexibility index (Phi) is 6.32. The van der Waals surface area contributed by atoms with E-state index in [1.54, 1.807) is 0 Å². The second-order valence-electron chi connectivity index (χ2n) is 13.6. The van der Waals surface area contributed by atoms with Crippen molar-refractivity contribution in [3.63, 3.8) is 0 Å². The van der Waals surface area contributed by atoms with Crippen LogP contribution in [0.3, 0.4) is 0 Å². The molecule has 0 unspecified atom stereocenters. The van der Waals surface area contributed by atoms with Gasteiger partial charge in [0.15, 0.2) is 0 Å². The van der Waals surface area contributed by atoms with Gasteiger partial charge in [0.25, 0.3) is 0 Å². The summed E-state index contributed by atoms with van der Waals surface area (Å²) in [5.74, 6) is 1.13. The van der Waals surface area contributed by atoms with Gasteiger partial charge in [-0.15, -0.1) is 0 Å². The lowest BCUT2D eigenvalue weighted by Crippen LogP contribution is -2.53. The Balaban J connectivity index is 1.12. The van der Waals surface area contributed by atoms with Crippen LogP contribution < -0.4 is 15.0 Å². The topological polar surface area (TPSA) is 66.0 Å². The lowest BCUT2D eigenvalue weighted by Gasteiger charge is -2.49. The number of anilines is 1. The maximum absolute atomic E-state index is 6.58. The zero-order chi connectivity index (χ0) is 26.7. The number of morpholine rings is 1. The van der Waals surface area contributed by atoms with E-state index in [-0.39, 0.29) is 11.0 Å². The molecule has 1 spiro atoms. The predicted molar refractivity (Wildman–Crippen MR) is 155 cm³/mol. The van der Waals surface area contributed by atoms with E-state index in [1.807, 2.05) is 0 Å². The summed E-state index contributed by atoms with van der Waals surface area (Å²) in [6, 6.07) is 10.8. The van der Waals surface area contributed by atoms with Crippen molar-refractivity contribution in [3.8, 4) is 6.01 Å².